The van der Waals surface area contributed by atoms with E-state index >= 15 is 0 Å². The van der Waals surface area contributed by atoms with Gasteiger partial charge >= 0.3 is 0 Å². The summed E-state index contributed by atoms with van der Waals surface area (Å²) in [5, 5.41) is 16.0. The van der Waals surface area contributed by atoms with Crippen LogP contribution in [0.15, 0.2) is 24.3 Å². The molecule has 0 aromatic heterocycles. The van der Waals surface area contributed by atoms with Gasteiger partial charge < -0.3 is 15.7 Å². The number of aliphatic hydroxyl groups excluding tert-OH is 1. The van der Waals surface area contributed by atoms with Crippen molar-refractivity contribution in [2.45, 2.75) is 43.7 Å². The highest BCUT2D eigenvalue weighted by Gasteiger charge is 2.37. The number of hydrogen-bond donors (Lipinski definition) is 3. The second-order valence-corrected chi connectivity index (χ2v) is 5.97. The van der Waals surface area contributed by atoms with Crippen LogP contribution >= 0.6 is 0 Å². The molecule has 20 heavy (non-hydrogen) atoms. The molecule has 3 N–H and O–H groups in total. The van der Waals surface area contributed by atoms with E-state index in [0.717, 1.165) is 44.2 Å². The third-order valence-electron chi connectivity index (χ3n) is 4.62. The van der Waals surface area contributed by atoms with Gasteiger partial charge in [-0.3, -0.25) is 4.79 Å². The third kappa shape index (κ3) is 2.45. The van der Waals surface area contributed by atoms with E-state index in [2.05, 4.69) is 16.7 Å². The number of carbonyl (C=O) groups is 1. The monoisotopic (exact) mass is 274 g/mol. The van der Waals surface area contributed by atoms with E-state index in [-0.39, 0.29) is 18.6 Å². The molecule has 1 aliphatic heterocycles. The first kappa shape index (κ1) is 13.6. The summed E-state index contributed by atoms with van der Waals surface area (Å²) in [6, 6.07) is 7.82. The number of carbonyl (C=O) groups excluding carboxylic acids is 1. The van der Waals surface area contributed by atoms with Crippen LogP contribution in [0, 0.1) is 0 Å². The third-order valence-corrected chi connectivity index (χ3v) is 4.62. The Morgan fingerprint density at radius 3 is 2.85 bits per heavy atom. The predicted molar refractivity (Wildman–Crippen MR) is 77.3 cm³/mol. The van der Waals surface area contributed by atoms with Crippen LogP contribution in [-0.4, -0.2) is 29.7 Å². The maximum Gasteiger partial charge on any atom is 0.242 e. The largest absolute Gasteiger partial charge is 0.394 e. The van der Waals surface area contributed by atoms with Gasteiger partial charge in [0.25, 0.3) is 0 Å². The first-order chi connectivity index (χ1) is 9.74. The molecule has 3 rings (SSSR count). The van der Waals surface area contributed by atoms with Gasteiger partial charge in [-0.1, -0.05) is 37.1 Å². The molecule has 1 aliphatic carbocycles. The van der Waals surface area contributed by atoms with Gasteiger partial charge in [-0.05, 0) is 30.4 Å². The lowest BCUT2D eigenvalue weighted by atomic mass is 9.92. The number of benzene rings is 1. The van der Waals surface area contributed by atoms with Crippen molar-refractivity contribution in [2.75, 3.05) is 13.2 Å². The number of aliphatic hydroxyl groups is 1. The van der Waals surface area contributed by atoms with Gasteiger partial charge in [0.05, 0.1) is 12.1 Å². The summed E-state index contributed by atoms with van der Waals surface area (Å²) in [5.41, 5.74) is 1.92. The van der Waals surface area contributed by atoms with E-state index in [0.29, 0.717) is 0 Å². The normalized spacial score (nSPS) is 24.1. The standard InChI is InChI=1S/C16H22N2O2/c19-11-16(8-3-4-9-16)18-15(20)14-13-6-2-1-5-12(13)7-10-17-14/h1-2,5-6,14,17,19H,3-4,7-11H2,(H,18,20). The summed E-state index contributed by atoms with van der Waals surface area (Å²) in [6.45, 7) is 0.855. The number of nitrogens with one attached hydrogen (secondary N) is 2. The number of rotatable bonds is 3. The molecule has 0 saturated heterocycles. The molecule has 1 aromatic carbocycles. The average molecular weight is 274 g/mol. The van der Waals surface area contributed by atoms with Crippen LogP contribution in [0.1, 0.15) is 42.9 Å². The van der Waals surface area contributed by atoms with Gasteiger partial charge in [0.15, 0.2) is 0 Å². The maximum atomic E-state index is 12.6. The van der Waals surface area contributed by atoms with E-state index in [1.807, 2.05) is 18.2 Å². The van der Waals surface area contributed by atoms with Crippen molar-refractivity contribution in [3.63, 3.8) is 0 Å². The lowest BCUT2D eigenvalue weighted by Gasteiger charge is -2.32. The van der Waals surface area contributed by atoms with Crippen molar-refractivity contribution in [1.29, 1.82) is 0 Å². The highest BCUT2D eigenvalue weighted by atomic mass is 16.3. The van der Waals surface area contributed by atoms with Gasteiger partial charge in [-0.15, -0.1) is 0 Å². The smallest absolute Gasteiger partial charge is 0.242 e. The lowest BCUT2D eigenvalue weighted by molar-refractivity contribution is -0.126. The second-order valence-electron chi connectivity index (χ2n) is 5.97. The Morgan fingerprint density at radius 1 is 1.35 bits per heavy atom. The van der Waals surface area contributed by atoms with Gasteiger partial charge in [-0.2, -0.15) is 0 Å². The van der Waals surface area contributed by atoms with Crippen LogP contribution in [0.3, 0.4) is 0 Å². The molecule has 1 amide bonds. The van der Waals surface area contributed by atoms with Crippen molar-refractivity contribution in [3.05, 3.63) is 35.4 Å². The first-order valence-electron chi connectivity index (χ1n) is 7.48. The van der Waals surface area contributed by atoms with Gasteiger partial charge in [0, 0.05) is 6.54 Å². The molecule has 0 bridgehead atoms. The Hall–Kier alpha value is -1.39. The van der Waals surface area contributed by atoms with Crippen LogP contribution in [-0.2, 0) is 11.2 Å². The zero-order valence-electron chi connectivity index (χ0n) is 11.7. The molecule has 1 heterocycles. The van der Waals surface area contributed by atoms with Gasteiger partial charge in [0.2, 0.25) is 5.91 Å². The van der Waals surface area contributed by atoms with Gasteiger partial charge in [0.1, 0.15) is 6.04 Å². The van der Waals surface area contributed by atoms with Crippen LogP contribution in [0.4, 0.5) is 0 Å². The quantitative estimate of drug-likeness (QED) is 0.778. The van der Waals surface area contributed by atoms with Crippen molar-refractivity contribution >= 4 is 5.91 Å². The fourth-order valence-corrected chi connectivity index (χ4v) is 3.45. The Kier molecular flexibility index (Phi) is 3.76. The Labute approximate surface area is 119 Å². The molecule has 4 heteroatoms. The Morgan fingerprint density at radius 2 is 2.10 bits per heavy atom. The molecule has 0 spiro atoms. The molecular weight excluding hydrogens is 252 g/mol. The molecular formula is C16H22N2O2. The highest BCUT2D eigenvalue weighted by molar-refractivity contribution is 5.84. The molecule has 108 valence electrons. The van der Waals surface area contributed by atoms with E-state index < -0.39 is 5.54 Å². The SMILES string of the molecule is O=C(NC1(CO)CCCC1)C1NCCc2ccccc21. The van der Waals surface area contributed by atoms with E-state index in [4.69, 9.17) is 0 Å². The number of fused-ring (bicyclic) bond motifs is 1. The number of amides is 1. The fourth-order valence-electron chi connectivity index (χ4n) is 3.45. The average Bonchev–Trinajstić information content (AvgIpc) is 2.95. The maximum absolute atomic E-state index is 12.6. The zero-order chi connectivity index (χ0) is 14.0. The van der Waals surface area contributed by atoms with Crippen molar-refractivity contribution in [1.82, 2.24) is 10.6 Å². The first-order valence-corrected chi connectivity index (χ1v) is 7.48. The fraction of sp³-hybridized carbons (Fsp3) is 0.562. The Balaban J connectivity index is 1.78. The minimum Gasteiger partial charge on any atom is -0.394 e. The summed E-state index contributed by atoms with van der Waals surface area (Å²) >= 11 is 0. The lowest BCUT2D eigenvalue weighted by Crippen LogP contribution is -2.53. The number of hydrogen-bond acceptors (Lipinski definition) is 3. The topological polar surface area (TPSA) is 61.4 Å². The summed E-state index contributed by atoms with van der Waals surface area (Å²) in [7, 11) is 0. The van der Waals surface area contributed by atoms with E-state index in [1.165, 1.54) is 5.56 Å². The summed E-state index contributed by atoms with van der Waals surface area (Å²) in [4.78, 5) is 12.6. The summed E-state index contributed by atoms with van der Waals surface area (Å²) in [6.07, 6.45) is 4.88. The minimum absolute atomic E-state index is 0.00639. The van der Waals surface area contributed by atoms with Crippen molar-refractivity contribution in [3.8, 4) is 0 Å². The van der Waals surface area contributed by atoms with E-state index in [9.17, 15) is 9.90 Å². The second kappa shape index (κ2) is 5.54. The van der Waals surface area contributed by atoms with Crippen LogP contribution in [0.5, 0.6) is 0 Å². The zero-order valence-corrected chi connectivity index (χ0v) is 11.7. The van der Waals surface area contributed by atoms with Gasteiger partial charge in [-0.25, -0.2) is 0 Å². The molecule has 4 nitrogen and oxygen atoms in total. The summed E-state index contributed by atoms with van der Waals surface area (Å²) in [5.74, 6) is -0.00639. The molecule has 1 fully saturated rings. The molecule has 1 unspecified atom stereocenters. The molecule has 1 atom stereocenters. The van der Waals surface area contributed by atoms with Crippen LogP contribution < -0.4 is 10.6 Å². The van der Waals surface area contributed by atoms with Crippen LogP contribution in [0.2, 0.25) is 0 Å². The van der Waals surface area contributed by atoms with Crippen molar-refractivity contribution in [2.24, 2.45) is 0 Å². The molecule has 1 aromatic rings. The minimum atomic E-state index is -0.398. The summed E-state index contributed by atoms with van der Waals surface area (Å²) < 4.78 is 0. The molecule has 2 aliphatic rings. The Bertz CT molecular complexity index is 495. The predicted octanol–water partition coefficient (Wildman–Crippen LogP) is 1.29. The molecule has 1 saturated carbocycles. The van der Waals surface area contributed by atoms with Crippen LogP contribution in [0.25, 0.3) is 0 Å². The molecule has 0 radical (unpaired) electrons. The van der Waals surface area contributed by atoms with E-state index in [1.54, 1.807) is 0 Å². The highest BCUT2D eigenvalue weighted by Crippen LogP contribution is 2.30. The van der Waals surface area contributed by atoms with Crippen molar-refractivity contribution < 1.29 is 9.90 Å².